The van der Waals surface area contributed by atoms with Gasteiger partial charge in [-0.25, -0.2) is 0 Å². The van der Waals surface area contributed by atoms with Crippen LogP contribution in [0.3, 0.4) is 0 Å². The van der Waals surface area contributed by atoms with Crippen LogP contribution >= 0.6 is 15.9 Å². The first-order valence-corrected chi connectivity index (χ1v) is 7.66. The number of carbonyl (C=O) groups excluding carboxylic acids is 2. The Kier molecular flexibility index (Phi) is 5.33. The number of hydrogen-bond donors (Lipinski definition) is 2. The van der Waals surface area contributed by atoms with Crippen LogP contribution in [0.15, 0.2) is 46.9 Å². The average Bonchev–Trinajstić information content (AvgIpc) is 2.50. The van der Waals surface area contributed by atoms with Crippen LogP contribution in [0.4, 0.5) is 5.69 Å². The van der Waals surface area contributed by atoms with Gasteiger partial charge < -0.3 is 10.6 Å². The minimum atomic E-state index is -0.264. The van der Waals surface area contributed by atoms with Crippen molar-refractivity contribution in [2.45, 2.75) is 13.8 Å². The first-order chi connectivity index (χ1) is 10.5. The van der Waals surface area contributed by atoms with E-state index in [9.17, 15) is 9.59 Å². The minimum absolute atomic E-state index is 0.0676. The van der Waals surface area contributed by atoms with E-state index in [1.807, 2.05) is 38.1 Å². The van der Waals surface area contributed by atoms with Gasteiger partial charge in [0.25, 0.3) is 5.91 Å². The number of benzene rings is 2. The molecule has 4 nitrogen and oxygen atoms in total. The zero-order chi connectivity index (χ0) is 16.1. The van der Waals surface area contributed by atoms with Gasteiger partial charge in [-0.15, -0.1) is 0 Å². The molecule has 114 valence electrons. The molecule has 0 aromatic heterocycles. The molecule has 0 aliphatic heterocycles. The standard InChI is InChI=1S/C17H17BrN2O2/c1-11-3-4-13(9-12(11)2)17(22)19-10-16(21)20-15-7-5-14(18)6-8-15/h3-9H,10H2,1-2H3,(H,19,22)(H,20,21). The molecule has 0 spiro atoms. The first kappa shape index (κ1) is 16.2. The maximum absolute atomic E-state index is 12.0. The third-order valence-electron chi connectivity index (χ3n) is 3.31. The van der Waals surface area contributed by atoms with Gasteiger partial charge in [-0.2, -0.15) is 0 Å². The van der Waals surface area contributed by atoms with E-state index in [0.29, 0.717) is 11.3 Å². The number of amides is 2. The van der Waals surface area contributed by atoms with Crippen LogP contribution in [-0.4, -0.2) is 18.4 Å². The summed E-state index contributed by atoms with van der Waals surface area (Å²) in [5.74, 6) is -0.520. The second kappa shape index (κ2) is 7.22. The summed E-state index contributed by atoms with van der Waals surface area (Å²) < 4.78 is 0.938. The van der Waals surface area contributed by atoms with Gasteiger partial charge in [0.1, 0.15) is 0 Å². The molecular weight excluding hydrogens is 344 g/mol. The van der Waals surface area contributed by atoms with Crippen molar-refractivity contribution in [1.29, 1.82) is 0 Å². The number of hydrogen-bond acceptors (Lipinski definition) is 2. The summed E-state index contributed by atoms with van der Waals surface area (Å²) >= 11 is 3.33. The fourth-order valence-electron chi connectivity index (χ4n) is 1.88. The summed E-state index contributed by atoms with van der Waals surface area (Å²) in [7, 11) is 0. The highest BCUT2D eigenvalue weighted by atomic mass is 79.9. The summed E-state index contributed by atoms with van der Waals surface area (Å²) in [6.45, 7) is 3.87. The molecule has 0 radical (unpaired) electrons. The molecule has 2 rings (SSSR count). The van der Waals surface area contributed by atoms with Gasteiger partial charge in [0, 0.05) is 15.7 Å². The maximum atomic E-state index is 12.0. The quantitative estimate of drug-likeness (QED) is 0.877. The van der Waals surface area contributed by atoms with Crippen molar-refractivity contribution in [2.75, 3.05) is 11.9 Å². The summed E-state index contributed by atoms with van der Waals surface area (Å²) in [6.07, 6.45) is 0. The number of anilines is 1. The Bertz CT molecular complexity index is 696. The Morgan fingerprint density at radius 1 is 1.00 bits per heavy atom. The number of carbonyl (C=O) groups is 2. The normalized spacial score (nSPS) is 10.1. The Labute approximate surface area is 138 Å². The molecule has 0 bridgehead atoms. The van der Waals surface area contributed by atoms with Gasteiger partial charge in [0.05, 0.1) is 6.54 Å². The van der Waals surface area contributed by atoms with Crippen LogP contribution in [-0.2, 0) is 4.79 Å². The summed E-state index contributed by atoms with van der Waals surface area (Å²) in [4.78, 5) is 23.8. The summed E-state index contributed by atoms with van der Waals surface area (Å²) in [5.41, 5.74) is 3.42. The lowest BCUT2D eigenvalue weighted by Gasteiger charge is -2.08. The fourth-order valence-corrected chi connectivity index (χ4v) is 2.15. The fraction of sp³-hybridized carbons (Fsp3) is 0.176. The maximum Gasteiger partial charge on any atom is 0.251 e. The van der Waals surface area contributed by atoms with E-state index in [2.05, 4.69) is 26.6 Å². The minimum Gasteiger partial charge on any atom is -0.343 e. The highest BCUT2D eigenvalue weighted by Gasteiger charge is 2.09. The van der Waals surface area contributed by atoms with E-state index in [4.69, 9.17) is 0 Å². The monoisotopic (exact) mass is 360 g/mol. The second-order valence-corrected chi connectivity index (χ2v) is 5.95. The molecule has 0 atom stereocenters. The Hall–Kier alpha value is -2.14. The molecule has 0 unspecified atom stereocenters. The van der Waals surface area contributed by atoms with Crippen LogP contribution in [0.2, 0.25) is 0 Å². The van der Waals surface area contributed by atoms with Crippen LogP contribution in [0, 0.1) is 13.8 Å². The van der Waals surface area contributed by atoms with Gasteiger partial charge in [0.2, 0.25) is 5.91 Å². The zero-order valence-corrected chi connectivity index (χ0v) is 14.0. The van der Waals surface area contributed by atoms with E-state index in [0.717, 1.165) is 15.6 Å². The smallest absolute Gasteiger partial charge is 0.251 e. The molecule has 5 heteroatoms. The Morgan fingerprint density at radius 3 is 2.32 bits per heavy atom. The summed E-state index contributed by atoms with van der Waals surface area (Å²) in [5, 5.41) is 5.34. The van der Waals surface area contributed by atoms with Crippen molar-refractivity contribution < 1.29 is 9.59 Å². The lowest BCUT2D eigenvalue weighted by molar-refractivity contribution is -0.115. The highest BCUT2D eigenvalue weighted by Crippen LogP contribution is 2.14. The zero-order valence-electron chi connectivity index (χ0n) is 12.4. The molecule has 0 saturated carbocycles. The molecular formula is C17H17BrN2O2. The first-order valence-electron chi connectivity index (χ1n) is 6.86. The van der Waals surface area contributed by atoms with Crippen LogP contribution in [0.5, 0.6) is 0 Å². The van der Waals surface area contributed by atoms with Crippen molar-refractivity contribution in [1.82, 2.24) is 5.32 Å². The molecule has 2 N–H and O–H groups in total. The lowest BCUT2D eigenvalue weighted by Crippen LogP contribution is -2.32. The van der Waals surface area contributed by atoms with Crippen molar-refractivity contribution >= 4 is 33.4 Å². The highest BCUT2D eigenvalue weighted by molar-refractivity contribution is 9.10. The molecule has 0 aliphatic carbocycles. The second-order valence-electron chi connectivity index (χ2n) is 5.04. The van der Waals surface area contributed by atoms with Crippen LogP contribution in [0.25, 0.3) is 0 Å². The van der Waals surface area contributed by atoms with Crippen molar-refractivity contribution in [3.05, 3.63) is 63.6 Å². The Balaban J connectivity index is 1.88. The van der Waals surface area contributed by atoms with E-state index < -0.39 is 0 Å². The molecule has 0 fully saturated rings. The third kappa shape index (κ3) is 4.43. The largest absolute Gasteiger partial charge is 0.343 e. The number of halogens is 1. The van der Waals surface area contributed by atoms with Crippen molar-refractivity contribution in [3.8, 4) is 0 Å². The molecule has 2 aromatic rings. The van der Waals surface area contributed by atoms with Crippen molar-refractivity contribution in [2.24, 2.45) is 0 Å². The topological polar surface area (TPSA) is 58.2 Å². The van der Waals surface area contributed by atoms with Gasteiger partial charge in [-0.05, 0) is 61.4 Å². The van der Waals surface area contributed by atoms with E-state index in [-0.39, 0.29) is 18.4 Å². The SMILES string of the molecule is Cc1ccc(C(=O)NCC(=O)Nc2ccc(Br)cc2)cc1C. The van der Waals surface area contributed by atoms with Crippen LogP contribution in [0.1, 0.15) is 21.5 Å². The predicted molar refractivity (Wildman–Crippen MR) is 91.0 cm³/mol. The van der Waals surface area contributed by atoms with E-state index in [1.54, 1.807) is 18.2 Å². The predicted octanol–water partition coefficient (Wildman–Crippen LogP) is 3.43. The molecule has 2 aromatic carbocycles. The van der Waals surface area contributed by atoms with Gasteiger partial charge >= 0.3 is 0 Å². The van der Waals surface area contributed by atoms with Gasteiger partial charge in [-0.1, -0.05) is 22.0 Å². The van der Waals surface area contributed by atoms with Gasteiger partial charge in [0.15, 0.2) is 0 Å². The number of aryl methyl sites for hydroxylation is 2. The number of nitrogens with one attached hydrogen (secondary N) is 2. The van der Waals surface area contributed by atoms with E-state index in [1.165, 1.54) is 0 Å². The average molecular weight is 361 g/mol. The van der Waals surface area contributed by atoms with Crippen LogP contribution < -0.4 is 10.6 Å². The molecule has 22 heavy (non-hydrogen) atoms. The summed E-state index contributed by atoms with van der Waals surface area (Å²) in [6, 6.07) is 12.7. The molecule has 0 heterocycles. The van der Waals surface area contributed by atoms with Crippen molar-refractivity contribution in [3.63, 3.8) is 0 Å². The third-order valence-corrected chi connectivity index (χ3v) is 3.84. The number of rotatable bonds is 4. The molecule has 2 amide bonds. The Morgan fingerprint density at radius 2 is 1.68 bits per heavy atom. The lowest BCUT2D eigenvalue weighted by atomic mass is 10.1. The van der Waals surface area contributed by atoms with Gasteiger partial charge in [-0.3, -0.25) is 9.59 Å². The van der Waals surface area contributed by atoms with E-state index >= 15 is 0 Å². The molecule has 0 aliphatic rings. The molecule has 0 saturated heterocycles.